The number of hydrogen-bond donors (Lipinski definition) is 0. The molecule has 0 aliphatic rings. The molecule has 0 bridgehead atoms. The van der Waals surface area contributed by atoms with Gasteiger partial charge in [0.05, 0.1) is 0 Å². The minimum Gasteiger partial charge on any atom is -0.409 e. The second kappa shape index (κ2) is 10.0. The van der Waals surface area contributed by atoms with Crippen molar-refractivity contribution in [1.82, 2.24) is 0 Å². The van der Waals surface area contributed by atoms with Crippen molar-refractivity contribution in [2.75, 3.05) is 0 Å². The van der Waals surface area contributed by atoms with Crippen LogP contribution in [0.15, 0.2) is 79.4 Å². The smallest absolute Gasteiger partial charge is 0.409 e. The molecule has 0 radical (unpaired) electrons. The molecule has 0 unspecified atom stereocenters. The van der Waals surface area contributed by atoms with Gasteiger partial charge in [-0.25, -0.2) is 0 Å². The van der Waals surface area contributed by atoms with E-state index in [4.69, 9.17) is 13.6 Å². The highest BCUT2D eigenvalue weighted by atomic mass is 31.2. The molecule has 0 saturated carbocycles. The minimum atomic E-state index is -1.71. The van der Waals surface area contributed by atoms with Crippen LogP contribution in [0, 0.1) is 0 Å². The van der Waals surface area contributed by atoms with Crippen LogP contribution in [0.3, 0.4) is 0 Å². The topological polar surface area (TPSA) is 27.7 Å². The van der Waals surface area contributed by atoms with Gasteiger partial charge in [-0.05, 0) is 70.8 Å². The normalized spacial score (nSPS) is 11.9. The Bertz CT molecular complexity index is 995. The maximum atomic E-state index is 6.17. The molecule has 0 N–H and O–H groups in total. The Morgan fingerprint density at radius 1 is 0.576 bits per heavy atom. The monoisotopic (exact) mass is 462 g/mol. The Balaban J connectivity index is 1.81. The third-order valence-corrected chi connectivity index (χ3v) is 6.41. The Kier molecular flexibility index (Phi) is 7.55. The molecular formula is C29H35O3P. The van der Waals surface area contributed by atoms with Crippen LogP contribution in [0.4, 0.5) is 0 Å². The Hall–Kier alpha value is -2.77. The standard InChI is InChI=1S/C29H35O3P/c1-21(2)22-9-15-25(16-10-22)30-33(31-26-17-11-23(12-18-26)28(3,4)5)32-27-19-13-24(14-20-27)29(6,7)8/h9-20H,1H2,2-8H3. The average molecular weight is 463 g/mol. The maximum Gasteiger partial charge on any atom is 0.530 e. The van der Waals surface area contributed by atoms with Crippen LogP contribution in [0.2, 0.25) is 0 Å². The summed E-state index contributed by atoms with van der Waals surface area (Å²) in [5.41, 5.74) is 4.73. The second-order valence-corrected chi connectivity index (χ2v) is 11.3. The fourth-order valence-electron chi connectivity index (χ4n) is 3.15. The molecule has 0 aliphatic heterocycles. The van der Waals surface area contributed by atoms with Crippen LogP contribution >= 0.6 is 8.60 Å². The molecule has 33 heavy (non-hydrogen) atoms. The molecule has 3 aromatic carbocycles. The van der Waals surface area contributed by atoms with Crippen LogP contribution in [-0.2, 0) is 10.8 Å². The molecule has 0 aliphatic carbocycles. The summed E-state index contributed by atoms with van der Waals surface area (Å²) in [5.74, 6) is 2.10. The molecule has 0 amide bonds. The molecule has 0 aromatic heterocycles. The van der Waals surface area contributed by atoms with Crippen molar-refractivity contribution in [3.63, 3.8) is 0 Å². The third kappa shape index (κ3) is 7.11. The Morgan fingerprint density at radius 3 is 1.15 bits per heavy atom. The highest BCUT2D eigenvalue weighted by Crippen LogP contribution is 2.43. The van der Waals surface area contributed by atoms with Crippen LogP contribution in [0.25, 0.3) is 5.57 Å². The molecule has 3 rings (SSSR count). The van der Waals surface area contributed by atoms with Gasteiger partial charge in [-0.15, -0.1) is 0 Å². The van der Waals surface area contributed by atoms with E-state index in [0.717, 1.165) is 11.1 Å². The molecule has 174 valence electrons. The minimum absolute atomic E-state index is 0.0795. The van der Waals surface area contributed by atoms with E-state index in [1.54, 1.807) is 0 Å². The fourth-order valence-corrected chi connectivity index (χ4v) is 4.14. The van der Waals surface area contributed by atoms with Gasteiger partial charge in [0, 0.05) is 0 Å². The lowest BCUT2D eigenvalue weighted by atomic mass is 9.87. The first-order valence-electron chi connectivity index (χ1n) is 11.2. The summed E-state index contributed by atoms with van der Waals surface area (Å²) in [7, 11) is -1.71. The first-order valence-corrected chi connectivity index (χ1v) is 12.3. The molecule has 3 nitrogen and oxygen atoms in total. The van der Waals surface area contributed by atoms with E-state index in [1.165, 1.54) is 11.1 Å². The van der Waals surface area contributed by atoms with E-state index in [-0.39, 0.29) is 10.8 Å². The number of benzene rings is 3. The Morgan fingerprint density at radius 2 is 0.879 bits per heavy atom. The van der Waals surface area contributed by atoms with Crippen molar-refractivity contribution in [3.05, 3.63) is 96.1 Å². The lowest BCUT2D eigenvalue weighted by Gasteiger charge is -2.22. The summed E-state index contributed by atoms with van der Waals surface area (Å²) in [4.78, 5) is 0. The quantitative estimate of drug-likeness (QED) is 0.328. The lowest BCUT2D eigenvalue weighted by Crippen LogP contribution is -2.11. The summed E-state index contributed by atoms with van der Waals surface area (Å²) in [5, 5.41) is 0. The average Bonchev–Trinajstić information content (AvgIpc) is 2.73. The first kappa shape index (κ1) is 24.9. The van der Waals surface area contributed by atoms with E-state index in [2.05, 4.69) is 72.4 Å². The van der Waals surface area contributed by atoms with Gasteiger partial charge < -0.3 is 13.6 Å². The predicted octanol–water partition coefficient (Wildman–Crippen LogP) is 9.08. The van der Waals surface area contributed by atoms with Gasteiger partial charge >= 0.3 is 8.60 Å². The molecule has 0 atom stereocenters. The third-order valence-electron chi connectivity index (χ3n) is 5.33. The zero-order valence-corrected chi connectivity index (χ0v) is 21.7. The molecular weight excluding hydrogens is 427 g/mol. The highest BCUT2D eigenvalue weighted by Gasteiger charge is 2.21. The van der Waals surface area contributed by atoms with Crippen molar-refractivity contribution in [2.45, 2.75) is 59.3 Å². The molecule has 4 heteroatoms. The van der Waals surface area contributed by atoms with Crippen molar-refractivity contribution in [1.29, 1.82) is 0 Å². The van der Waals surface area contributed by atoms with E-state index in [9.17, 15) is 0 Å². The van der Waals surface area contributed by atoms with Crippen molar-refractivity contribution in [3.8, 4) is 17.2 Å². The van der Waals surface area contributed by atoms with Gasteiger partial charge in [0.15, 0.2) is 0 Å². The molecule has 3 aromatic rings. The van der Waals surface area contributed by atoms with E-state index >= 15 is 0 Å². The van der Waals surface area contributed by atoms with Crippen molar-refractivity contribution >= 4 is 14.2 Å². The maximum absolute atomic E-state index is 6.17. The van der Waals surface area contributed by atoms with Crippen LogP contribution in [0.1, 0.15) is 65.2 Å². The molecule has 0 fully saturated rings. The molecule has 0 saturated heterocycles. The van der Waals surface area contributed by atoms with Gasteiger partial charge in [0.25, 0.3) is 0 Å². The summed E-state index contributed by atoms with van der Waals surface area (Å²) in [6, 6.07) is 24.0. The van der Waals surface area contributed by atoms with Gasteiger partial charge in [-0.1, -0.05) is 90.1 Å². The first-order chi connectivity index (χ1) is 15.4. The summed E-state index contributed by atoms with van der Waals surface area (Å²) < 4.78 is 18.5. The highest BCUT2D eigenvalue weighted by molar-refractivity contribution is 7.43. The second-order valence-electron chi connectivity index (χ2n) is 10.4. The number of hydrogen-bond acceptors (Lipinski definition) is 3. The number of allylic oxidation sites excluding steroid dienone is 1. The van der Waals surface area contributed by atoms with E-state index in [0.29, 0.717) is 17.2 Å². The number of rotatable bonds is 7. The van der Waals surface area contributed by atoms with E-state index in [1.807, 2.05) is 55.5 Å². The van der Waals surface area contributed by atoms with Gasteiger partial charge in [-0.3, -0.25) is 0 Å². The van der Waals surface area contributed by atoms with E-state index < -0.39 is 8.60 Å². The summed E-state index contributed by atoms with van der Waals surface area (Å²) in [6.07, 6.45) is 0. The van der Waals surface area contributed by atoms with Gasteiger partial charge in [0.1, 0.15) is 17.2 Å². The molecule has 0 heterocycles. The SMILES string of the molecule is C=C(C)c1ccc(OP(Oc2ccc(C(C)(C)C)cc2)Oc2ccc(C(C)(C)C)cc2)cc1. The fraction of sp³-hybridized carbons (Fsp3) is 0.310. The van der Waals surface area contributed by atoms with Crippen molar-refractivity contribution < 1.29 is 13.6 Å². The lowest BCUT2D eigenvalue weighted by molar-refractivity contribution is 0.388. The van der Waals surface area contributed by atoms with Gasteiger partial charge in [-0.2, -0.15) is 0 Å². The largest absolute Gasteiger partial charge is 0.530 e. The van der Waals surface area contributed by atoms with Crippen LogP contribution < -0.4 is 13.6 Å². The predicted molar refractivity (Wildman–Crippen MR) is 140 cm³/mol. The Labute approximate surface area is 200 Å². The van der Waals surface area contributed by atoms with Gasteiger partial charge in [0.2, 0.25) is 0 Å². The summed E-state index contributed by atoms with van der Waals surface area (Å²) >= 11 is 0. The zero-order chi connectivity index (χ0) is 24.2. The summed E-state index contributed by atoms with van der Waals surface area (Å²) in [6.45, 7) is 19.1. The van der Waals surface area contributed by atoms with Crippen LogP contribution in [-0.4, -0.2) is 0 Å². The van der Waals surface area contributed by atoms with Crippen molar-refractivity contribution in [2.24, 2.45) is 0 Å². The molecule has 0 spiro atoms. The zero-order valence-electron chi connectivity index (χ0n) is 20.8. The van der Waals surface area contributed by atoms with Crippen LogP contribution in [0.5, 0.6) is 17.2 Å².